The van der Waals surface area contributed by atoms with Gasteiger partial charge in [-0.1, -0.05) is 201 Å². The number of unbranched alkanes of at least 4 members (excludes halogenated alkanes) is 30. The molecule has 0 fully saturated rings. The number of nitrogens with zero attached hydrogens (tertiary/aromatic N) is 2. The molecular weight excluding hydrogens is 532 g/mol. The van der Waals surface area contributed by atoms with Gasteiger partial charge in [-0.05, 0) is 32.1 Å². The van der Waals surface area contributed by atoms with Crippen molar-refractivity contribution in [3.05, 3.63) is 18.2 Å². The Bertz CT molecular complexity index is 677. The van der Waals surface area contributed by atoms with Gasteiger partial charge in [-0.3, -0.25) is 0 Å². The van der Waals surface area contributed by atoms with Gasteiger partial charge in [-0.25, -0.2) is 9.13 Å². The van der Waals surface area contributed by atoms with Crippen molar-refractivity contribution in [3.63, 3.8) is 0 Å². The molecule has 1 aromatic rings. The van der Waals surface area contributed by atoms with Crippen LogP contribution in [0.4, 0.5) is 0 Å². The number of imidazole rings is 1. The van der Waals surface area contributed by atoms with E-state index in [-0.39, 0.29) is 0 Å². The molecule has 44 heavy (non-hydrogen) atoms. The van der Waals surface area contributed by atoms with E-state index >= 15 is 0 Å². The Morgan fingerprint density at radius 2 is 0.705 bits per heavy atom. The monoisotopic (exact) mass is 616 g/mol. The molecule has 260 valence electrons. The first kappa shape index (κ1) is 41.2. The van der Waals surface area contributed by atoms with Gasteiger partial charge in [0, 0.05) is 6.42 Å². The topological polar surface area (TPSA) is 8.81 Å². The van der Waals surface area contributed by atoms with Gasteiger partial charge in [0.25, 0.3) is 5.82 Å². The molecule has 0 aliphatic heterocycles. The minimum atomic E-state index is 1.23. The Hall–Kier alpha value is -0.790. The average Bonchev–Trinajstić information content (AvgIpc) is 3.42. The molecule has 1 rings (SSSR count). The van der Waals surface area contributed by atoms with E-state index in [2.05, 4.69) is 42.3 Å². The summed E-state index contributed by atoms with van der Waals surface area (Å²) in [6, 6.07) is 0. The first-order chi connectivity index (χ1) is 21.8. The summed E-state index contributed by atoms with van der Waals surface area (Å²) in [6.07, 6.45) is 53.4. The van der Waals surface area contributed by atoms with Gasteiger partial charge in [-0.15, -0.1) is 0 Å². The van der Waals surface area contributed by atoms with Crippen LogP contribution >= 0.6 is 0 Å². The molecule has 0 aliphatic carbocycles. The van der Waals surface area contributed by atoms with Crippen LogP contribution in [0, 0.1) is 0 Å². The minimum absolute atomic E-state index is 1.23. The van der Waals surface area contributed by atoms with Crippen molar-refractivity contribution < 1.29 is 4.57 Å². The fraction of sp³-hybridized carbons (Fsp3) is 0.929. The fourth-order valence-electron chi connectivity index (χ4n) is 7.03. The molecule has 0 aromatic carbocycles. The molecule has 1 aromatic heterocycles. The van der Waals surface area contributed by atoms with E-state index in [4.69, 9.17) is 0 Å². The van der Waals surface area contributed by atoms with E-state index in [9.17, 15) is 0 Å². The second-order valence-corrected chi connectivity index (χ2v) is 14.5. The highest BCUT2D eigenvalue weighted by atomic mass is 15.1. The van der Waals surface area contributed by atoms with Gasteiger partial charge in [0.1, 0.15) is 12.4 Å². The molecule has 0 spiro atoms. The van der Waals surface area contributed by atoms with Crippen molar-refractivity contribution in [2.24, 2.45) is 0 Å². The van der Waals surface area contributed by atoms with E-state index < -0.39 is 0 Å². The quantitative estimate of drug-likeness (QED) is 0.0524. The van der Waals surface area contributed by atoms with E-state index in [0.29, 0.717) is 0 Å². The maximum atomic E-state index is 2.64. The van der Waals surface area contributed by atoms with Crippen LogP contribution in [0.5, 0.6) is 0 Å². The number of aryl methyl sites for hydroxylation is 2. The van der Waals surface area contributed by atoms with Crippen molar-refractivity contribution in [1.29, 1.82) is 0 Å². The highest BCUT2D eigenvalue weighted by Gasteiger charge is 2.16. The van der Waals surface area contributed by atoms with Crippen LogP contribution in [0.3, 0.4) is 0 Å². The van der Waals surface area contributed by atoms with Gasteiger partial charge >= 0.3 is 0 Å². The summed E-state index contributed by atoms with van der Waals surface area (Å²) >= 11 is 0. The molecule has 2 nitrogen and oxygen atoms in total. The lowest BCUT2D eigenvalue weighted by Crippen LogP contribution is -2.37. The van der Waals surface area contributed by atoms with Crippen molar-refractivity contribution in [1.82, 2.24) is 4.57 Å². The van der Waals surface area contributed by atoms with Crippen LogP contribution in [0.1, 0.15) is 238 Å². The lowest BCUT2D eigenvalue weighted by molar-refractivity contribution is -0.704. The predicted molar refractivity (Wildman–Crippen MR) is 198 cm³/mol. The molecule has 1 heterocycles. The number of hydrogen-bond donors (Lipinski definition) is 0. The molecule has 0 saturated carbocycles. The molecule has 0 atom stereocenters. The Kier molecular flexibility index (Phi) is 31.5. The predicted octanol–water partition coefficient (Wildman–Crippen LogP) is 14.3. The number of rotatable bonds is 36. The second kappa shape index (κ2) is 33.6. The normalized spacial score (nSPS) is 11.6. The highest BCUT2D eigenvalue weighted by Crippen LogP contribution is 2.15. The van der Waals surface area contributed by atoms with Gasteiger partial charge in [0.05, 0.1) is 13.1 Å². The molecule has 0 amide bonds. The third-order valence-electron chi connectivity index (χ3n) is 10.1. The lowest BCUT2D eigenvalue weighted by Gasteiger charge is -2.07. The van der Waals surface area contributed by atoms with Crippen LogP contribution in [-0.2, 0) is 19.5 Å². The van der Waals surface area contributed by atoms with Crippen LogP contribution in [0.2, 0.25) is 0 Å². The smallest absolute Gasteiger partial charge is 0.234 e. The van der Waals surface area contributed by atoms with Crippen LogP contribution < -0.4 is 4.57 Å². The van der Waals surface area contributed by atoms with Gasteiger partial charge in [-0.2, -0.15) is 0 Å². The summed E-state index contributed by atoms with van der Waals surface area (Å²) < 4.78 is 5.28. The molecule has 0 N–H and O–H groups in total. The van der Waals surface area contributed by atoms with Gasteiger partial charge in [0.15, 0.2) is 0 Å². The van der Waals surface area contributed by atoms with Crippen LogP contribution in [0.15, 0.2) is 12.4 Å². The number of aromatic nitrogens is 2. The average molecular weight is 616 g/mol. The first-order valence-electron chi connectivity index (χ1n) is 20.9. The Labute approximate surface area is 279 Å². The lowest BCUT2D eigenvalue weighted by atomic mass is 10.0. The zero-order valence-corrected chi connectivity index (χ0v) is 31.0. The highest BCUT2D eigenvalue weighted by molar-refractivity contribution is 4.84. The molecular formula is C42H83N2+. The van der Waals surface area contributed by atoms with E-state index in [1.54, 1.807) is 5.82 Å². The zero-order chi connectivity index (χ0) is 31.6. The Balaban J connectivity index is 2.26. The molecule has 0 unspecified atom stereocenters. The Morgan fingerprint density at radius 1 is 0.386 bits per heavy atom. The van der Waals surface area contributed by atoms with Crippen LogP contribution in [0.25, 0.3) is 0 Å². The molecule has 0 saturated heterocycles. The summed E-state index contributed by atoms with van der Waals surface area (Å²) in [5.41, 5.74) is 0. The Morgan fingerprint density at radius 3 is 1.09 bits per heavy atom. The van der Waals surface area contributed by atoms with E-state index in [0.717, 1.165) is 0 Å². The fourth-order valence-corrected chi connectivity index (χ4v) is 7.03. The van der Waals surface area contributed by atoms with Gasteiger partial charge < -0.3 is 0 Å². The maximum Gasteiger partial charge on any atom is 0.256 e. The largest absolute Gasteiger partial charge is 0.256 e. The summed E-state index contributed by atoms with van der Waals surface area (Å²) in [4.78, 5) is 0. The number of hydrogen-bond acceptors (Lipinski definition) is 0. The van der Waals surface area contributed by atoms with E-state index in [1.807, 2.05) is 0 Å². The van der Waals surface area contributed by atoms with E-state index in [1.165, 1.54) is 231 Å². The molecule has 0 bridgehead atoms. The molecule has 2 heteroatoms. The summed E-state index contributed by atoms with van der Waals surface area (Å²) in [5, 5.41) is 0. The van der Waals surface area contributed by atoms with Crippen molar-refractivity contribution in [2.45, 2.75) is 252 Å². The third-order valence-corrected chi connectivity index (χ3v) is 10.1. The van der Waals surface area contributed by atoms with Gasteiger partial charge in [0.2, 0.25) is 0 Å². The summed E-state index contributed by atoms with van der Waals surface area (Å²) in [6.45, 7) is 9.41. The maximum absolute atomic E-state index is 2.64. The standard InChI is InChI=1S/C42H83N2/c1-4-7-10-13-16-19-21-22-23-25-27-30-33-36-39-44-41-40-43(42(44)37-34-31-28-18-15-12-9-6-3)38-35-32-29-26-24-20-17-14-11-8-5-2/h40-41H,4-39H2,1-3H3/q+1. The van der Waals surface area contributed by atoms with Crippen molar-refractivity contribution in [2.75, 3.05) is 0 Å². The zero-order valence-electron chi connectivity index (χ0n) is 31.0. The molecule has 0 radical (unpaired) electrons. The first-order valence-corrected chi connectivity index (χ1v) is 20.9. The molecule has 0 aliphatic rings. The van der Waals surface area contributed by atoms with Crippen molar-refractivity contribution in [3.8, 4) is 0 Å². The van der Waals surface area contributed by atoms with Crippen molar-refractivity contribution >= 4 is 0 Å². The van der Waals surface area contributed by atoms with Crippen LogP contribution in [-0.4, -0.2) is 4.57 Å². The third kappa shape index (κ3) is 25.4. The summed E-state index contributed by atoms with van der Waals surface area (Å²) in [7, 11) is 0. The minimum Gasteiger partial charge on any atom is -0.234 e. The second-order valence-electron chi connectivity index (χ2n) is 14.5. The SMILES string of the molecule is CCCCCCCCCCCCCCCCn1cc[n+](CCCCCCCCCCCCC)c1CCCCCCCCCC. The summed E-state index contributed by atoms with van der Waals surface area (Å²) in [5.74, 6) is 1.62.